The molecule has 0 spiro atoms. The maximum atomic E-state index is 3.38. The zero-order chi connectivity index (χ0) is 17.3. The summed E-state index contributed by atoms with van der Waals surface area (Å²) < 4.78 is 1.13. The highest BCUT2D eigenvalue weighted by Crippen LogP contribution is 2.52. The second-order valence-electron chi connectivity index (χ2n) is 7.26. The van der Waals surface area contributed by atoms with E-state index in [1.807, 2.05) is 0 Å². The largest absolute Gasteiger partial charge is 0.320 e. The summed E-state index contributed by atoms with van der Waals surface area (Å²) in [5.74, 6) is 0.571. The highest BCUT2D eigenvalue weighted by atomic mass is 127. The molecule has 24 heavy (non-hydrogen) atoms. The molecular weight excluding hydrogens is 405 g/mol. The number of fused-ring (bicyclic) bond motifs is 3. The van der Waals surface area contributed by atoms with Crippen molar-refractivity contribution in [1.29, 1.82) is 0 Å². The smallest absolute Gasteiger partial charge is 0.0316 e. The van der Waals surface area contributed by atoms with E-state index in [1.165, 1.54) is 22.3 Å². The number of benzene rings is 2. The molecule has 1 aliphatic rings. The number of rotatable bonds is 6. The van der Waals surface area contributed by atoms with Crippen molar-refractivity contribution in [1.82, 2.24) is 5.32 Å². The molecule has 128 valence electrons. The zero-order valence-electron chi connectivity index (χ0n) is 15.2. The molecule has 0 amide bonds. The van der Waals surface area contributed by atoms with Gasteiger partial charge < -0.3 is 5.32 Å². The minimum Gasteiger partial charge on any atom is -0.320 e. The van der Waals surface area contributed by atoms with Gasteiger partial charge in [-0.05, 0) is 65.7 Å². The van der Waals surface area contributed by atoms with Gasteiger partial charge in [0.05, 0.1) is 0 Å². The summed E-state index contributed by atoms with van der Waals surface area (Å²) in [6.07, 6.45) is 2.26. The minimum atomic E-state index is 0.143. The van der Waals surface area contributed by atoms with Gasteiger partial charge in [-0.1, -0.05) is 79.8 Å². The number of hydrogen-bond acceptors (Lipinski definition) is 1. The Hall–Kier alpha value is -0.870. The van der Waals surface area contributed by atoms with Crippen LogP contribution in [0.15, 0.2) is 36.4 Å². The fourth-order valence-electron chi connectivity index (χ4n) is 3.96. The molecule has 1 N–H and O–H groups in total. The lowest BCUT2D eigenvalue weighted by Gasteiger charge is -2.31. The first-order valence-electron chi connectivity index (χ1n) is 9.06. The van der Waals surface area contributed by atoms with Crippen molar-refractivity contribution in [2.45, 2.75) is 44.9 Å². The fraction of sp³-hybridized carbons (Fsp3) is 0.455. The summed E-state index contributed by atoms with van der Waals surface area (Å²) in [6, 6.07) is 14.3. The van der Waals surface area contributed by atoms with Crippen LogP contribution in [0.1, 0.15) is 55.4 Å². The molecular formula is C22H28IN. The molecule has 1 nitrogen and oxygen atoms in total. The van der Waals surface area contributed by atoms with Crippen LogP contribution in [0.25, 0.3) is 11.1 Å². The standard InChI is InChI=1S/C22H28IN/c1-5-16-6-8-18-19-9-7-17(15(2)3)13-21(19)22(14-23,10-11-24-4)20(18)12-16/h6-9,12-13,15,24H,5,10-11,14H2,1-4H3. The normalized spacial score (nSPS) is 18.8. The van der Waals surface area contributed by atoms with Crippen LogP contribution in [-0.4, -0.2) is 18.0 Å². The molecule has 0 radical (unpaired) electrons. The van der Waals surface area contributed by atoms with Crippen LogP contribution in [0.2, 0.25) is 0 Å². The third-order valence-electron chi connectivity index (χ3n) is 5.55. The number of nitrogens with one attached hydrogen (secondary N) is 1. The third kappa shape index (κ3) is 2.82. The van der Waals surface area contributed by atoms with Gasteiger partial charge in [0.1, 0.15) is 0 Å². The summed E-state index contributed by atoms with van der Waals surface area (Å²) in [7, 11) is 2.06. The van der Waals surface area contributed by atoms with Crippen LogP contribution in [0.5, 0.6) is 0 Å². The number of halogens is 1. The van der Waals surface area contributed by atoms with Crippen molar-refractivity contribution < 1.29 is 0 Å². The van der Waals surface area contributed by atoms with Crippen LogP contribution in [0.3, 0.4) is 0 Å². The Kier molecular flexibility index (Phi) is 5.36. The Morgan fingerprint density at radius 3 is 2.29 bits per heavy atom. The SMILES string of the molecule is CCc1ccc2c(c1)C(CI)(CCNC)c1cc(C(C)C)ccc1-2. The second-order valence-corrected chi connectivity index (χ2v) is 8.03. The number of alkyl halides is 1. The Bertz CT molecular complexity index is 735. The summed E-state index contributed by atoms with van der Waals surface area (Å²) in [4.78, 5) is 0. The molecule has 2 aromatic carbocycles. The average molecular weight is 433 g/mol. The molecule has 0 aromatic heterocycles. The molecule has 0 heterocycles. The summed E-state index contributed by atoms with van der Waals surface area (Å²) >= 11 is 2.60. The van der Waals surface area contributed by atoms with E-state index in [9.17, 15) is 0 Å². The van der Waals surface area contributed by atoms with Gasteiger partial charge in [-0.3, -0.25) is 0 Å². The van der Waals surface area contributed by atoms with Gasteiger partial charge in [0.15, 0.2) is 0 Å². The van der Waals surface area contributed by atoms with Crippen LogP contribution in [-0.2, 0) is 11.8 Å². The predicted molar refractivity (Wildman–Crippen MR) is 114 cm³/mol. The van der Waals surface area contributed by atoms with E-state index in [1.54, 1.807) is 11.1 Å². The third-order valence-corrected chi connectivity index (χ3v) is 6.86. The van der Waals surface area contributed by atoms with Crippen molar-refractivity contribution in [2.24, 2.45) is 0 Å². The van der Waals surface area contributed by atoms with Gasteiger partial charge in [0, 0.05) is 9.84 Å². The van der Waals surface area contributed by atoms with Gasteiger partial charge in [-0.2, -0.15) is 0 Å². The summed E-state index contributed by atoms with van der Waals surface area (Å²) in [6.45, 7) is 7.88. The lowest BCUT2D eigenvalue weighted by atomic mass is 9.76. The Morgan fingerprint density at radius 1 is 1.04 bits per heavy atom. The van der Waals surface area contributed by atoms with Gasteiger partial charge in [0.25, 0.3) is 0 Å². The second kappa shape index (κ2) is 7.17. The van der Waals surface area contributed by atoms with E-state index in [0.29, 0.717) is 5.92 Å². The van der Waals surface area contributed by atoms with E-state index in [4.69, 9.17) is 0 Å². The van der Waals surface area contributed by atoms with E-state index in [0.717, 1.165) is 23.8 Å². The molecule has 0 saturated heterocycles. The van der Waals surface area contributed by atoms with Crippen molar-refractivity contribution >= 4 is 22.6 Å². The first-order valence-corrected chi connectivity index (χ1v) is 10.6. The first-order chi connectivity index (χ1) is 11.6. The molecule has 3 rings (SSSR count). The summed E-state index contributed by atoms with van der Waals surface area (Å²) in [5.41, 5.74) is 9.03. The Balaban J connectivity index is 2.25. The molecule has 0 bridgehead atoms. The topological polar surface area (TPSA) is 12.0 Å². The maximum absolute atomic E-state index is 3.38. The van der Waals surface area contributed by atoms with Crippen LogP contribution >= 0.6 is 22.6 Å². The molecule has 2 aromatic rings. The molecule has 1 aliphatic carbocycles. The Labute approximate surface area is 160 Å². The fourth-order valence-corrected chi connectivity index (χ4v) is 5.16. The molecule has 0 aliphatic heterocycles. The van der Waals surface area contributed by atoms with Gasteiger partial charge in [-0.25, -0.2) is 0 Å². The molecule has 0 saturated carbocycles. The van der Waals surface area contributed by atoms with E-state index in [2.05, 4.69) is 92.1 Å². The van der Waals surface area contributed by atoms with Crippen molar-refractivity contribution in [3.05, 3.63) is 58.7 Å². The highest BCUT2D eigenvalue weighted by Gasteiger charge is 2.42. The molecule has 0 fully saturated rings. The van der Waals surface area contributed by atoms with E-state index >= 15 is 0 Å². The van der Waals surface area contributed by atoms with Gasteiger partial charge in [-0.15, -0.1) is 0 Å². The van der Waals surface area contributed by atoms with Crippen molar-refractivity contribution in [3.8, 4) is 11.1 Å². The predicted octanol–water partition coefficient (Wildman–Crippen LogP) is 5.68. The highest BCUT2D eigenvalue weighted by molar-refractivity contribution is 14.1. The maximum Gasteiger partial charge on any atom is 0.0316 e. The lowest BCUT2D eigenvalue weighted by Crippen LogP contribution is -2.31. The quantitative estimate of drug-likeness (QED) is 0.456. The summed E-state index contributed by atoms with van der Waals surface area (Å²) in [5, 5.41) is 3.38. The molecule has 1 atom stereocenters. The van der Waals surface area contributed by atoms with Crippen molar-refractivity contribution in [3.63, 3.8) is 0 Å². The van der Waals surface area contributed by atoms with Crippen molar-refractivity contribution in [2.75, 3.05) is 18.0 Å². The Morgan fingerprint density at radius 2 is 1.71 bits per heavy atom. The lowest BCUT2D eigenvalue weighted by molar-refractivity contribution is 0.529. The first kappa shape index (κ1) is 17.9. The van der Waals surface area contributed by atoms with Gasteiger partial charge in [0.2, 0.25) is 0 Å². The van der Waals surface area contributed by atoms with E-state index in [-0.39, 0.29) is 5.41 Å². The monoisotopic (exact) mass is 433 g/mol. The van der Waals surface area contributed by atoms with Crippen LogP contribution < -0.4 is 5.32 Å². The number of aryl methyl sites for hydroxylation is 1. The van der Waals surface area contributed by atoms with Crippen LogP contribution in [0, 0.1) is 0 Å². The van der Waals surface area contributed by atoms with Crippen LogP contribution in [0.4, 0.5) is 0 Å². The molecule has 2 heteroatoms. The number of hydrogen-bond donors (Lipinski definition) is 1. The average Bonchev–Trinajstić information content (AvgIpc) is 2.88. The minimum absolute atomic E-state index is 0.143. The molecule has 1 unspecified atom stereocenters. The van der Waals surface area contributed by atoms with Gasteiger partial charge >= 0.3 is 0 Å². The van der Waals surface area contributed by atoms with E-state index < -0.39 is 0 Å². The zero-order valence-corrected chi connectivity index (χ0v) is 17.4.